The first kappa shape index (κ1) is 22.3. The Kier molecular flexibility index (Phi) is 11.0. The highest BCUT2D eigenvalue weighted by Gasteiger charge is 2.22. The number of rotatable bonds is 6. The summed E-state index contributed by atoms with van der Waals surface area (Å²) in [5, 5.41) is 17.8. The fourth-order valence-corrected chi connectivity index (χ4v) is 4.64. The predicted octanol–water partition coefficient (Wildman–Crippen LogP) is 4.28. The summed E-state index contributed by atoms with van der Waals surface area (Å²) in [5.41, 5.74) is 0. The van der Waals surface area contributed by atoms with Crippen LogP contribution in [0.4, 0.5) is 0 Å². The SMILES string of the molecule is CCNC(=NCC(O)c1ccc(Cl)s1)NC1CCCC(SC)C1.I. The molecule has 1 saturated carbocycles. The molecule has 2 rings (SSSR count). The molecule has 1 aliphatic rings. The standard InChI is InChI=1S/C16H26ClN3OS2.HI/c1-3-18-16(20-11-5-4-6-12(9-11)22-2)19-10-13(21)14-7-8-15(17)23-14;/h7-8,11-13,21H,3-6,9-10H2,1-2H3,(H2,18,19,20);1H. The highest BCUT2D eigenvalue weighted by atomic mass is 127. The normalized spacial score (nSPS) is 22.6. The third-order valence-electron chi connectivity index (χ3n) is 3.99. The van der Waals surface area contributed by atoms with E-state index in [-0.39, 0.29) is 24.0 Å². The minimum Gasteiger partial charge on any atom is -0.386 e. The van der Waals surface area contributed by atoms with Gasteiger partial charge in [0.15, 0.2) is 5.96 Å². The van der Waals surface area contributed by atoms with Gasteiger partial charge in [-0.25, -0.2) is 0 Å². The molecule has 1 heterocycles. The molecule has 0 amide bonds. The van der Waals surface area contributed by atoms with Crippen LogP contribution in [0.5, 0.6) is 0 Å². The number of hydrogen-bond acceptors (Lipinski definition) is 4. The third kappa shape index (κ3) is 7.27. The number of thiophene rings is 1. The summed E-state index contributed by atoms with van der Waals surface area (Å²) in [5.74, 6) is 0.793. The summed E-state index contributed by atoms with van der Waals surface area (Å²) in [4.78, 5) is 5.40. The van der Waals surface area contributed by atoms with Crippen molar-refractivity contribution >= 4 is 64.6 Å². The number of thioether (sulfide) groups is 1. The monoisotopic (exact) mass is 503 g/mol. The molecule has 0 bridgehead atoms. The van der Waals surface area contributed by atoms with Crippen LogP contribution in [0.25, 0.3) is 0 Å². The zero-order valence-electron chi connectivity index (χ0n) is 14.1. The van der Waals surface area contributed by atoms with E-state index in [1.807, 2.05) is 23.9 Å². The second-order valence-corrected chi connectivity index (χ2v) is 8.63. The average molecular weight is 504 g/mol. The fourth-order valence-electron chi connectivity index (χ4n) is 2.78. The van der Waals surface area contributed by atoms with Crippen molar-refractivity contribution in [2.45, 2.75) is 50.0 Å². The molecule has 1 aromatic heterocycles. The second kappa shape index (κ2) is 11.8. The Bertz CT molecular complexity index is 515. The van der Waals surface area contributed by atoms with Crippen molar-refractivity contribution in [2.24, 2.45) is 4.99 Å². The summed E-state index contributed by atoms with van der Waals surface area (Å²) in [6, 6.07) is 4.13. The van der Waals surface area contributed by atoms with Gasteiger partial charge in [0.25, 0.3) is 0 Å². The molecule has 138 valence electrons. The zero-order valence-corrected chi connectivity index (χ0v) is 18.8. The third-order valence-corrected chi connectivity index (χ3v) is 6.42. The van der Waals surface area contributed by atoms with Crippen LogP contribution in [0, 0.1) is 0 Å². The molecule has 0 radical (unpaired) electrons. The molecule has 3 unspecified atom stereocenters. The molecule has 1 aromatic rings. The summed E-state index contributed by atoms with van der Waals surface area (Å²) in [7, 11) is 0. The number of aliphatic hydroxyl groups excluding tert-OH is 1. The number of nitrogens with one attached hydrogen (secondary N) is 2. The van der Waals surface area contributed by atoms with Gasteiger partial charge in [0.2, 0.25) is 0 Å². The van der Waals surface area contributed by atoms with E-state index in [0.717, 1.165) is 22.6 Å². The van der Waals surface area contributed by atoms with Crippen molar-refractivity contribution in [3.63, 3.8) is 0 Å². The number of aliphatic imine (C=N–C) groups is 1. The zero-order chi connectivity index (χ0) is 16.7. The lowest BCUT2D eigenvalue weighted by atomic mass is 9.95. The van der Waals surface area contributed by atoms with Gasteiger partial charge in [-0.05, 0) is 44.6 Å². The Morgan fingerprint density at radius 1 is 1.50 bits per heavy atom. The van der Waals surface area contributed by atoms with E-state index in [0.29, 0.717) is 16.9 Å². The summed E-state index contributed by atoms with van der Waals surface area (Å²) in [6.45, 7) is 3.20. The van der Waals surface area contributed by atoms with E-state index in [2.05, 4.69) is 28.8 Å². The summed E-state index contributed by atoms with van der Waals surface area (Å²) >= 11 is 9.28. The maximum absolute atomic E-state index is 10.2. The molecule has 8 heteroatoms. The molecule has 4 nitrogen and oxygen atoms in total. The molecule has 3 atom stereocenters. The highest BCUT2D eigenvalue weighted by Crippen LogP contribution is 2.28. The van der Waals surface area contributed by atoms with E-state index < -0.39 is 6.10 Å². The molecule has 0 spiro atoms. The van der Waals surface area contributed by atoms with Crippen molar-refractivity contribution in [3.05, 3.63) is 21.3 Å². The van der Waals surface area contributed by atoms with Gasteiger partial charge in [0, 0.05) is 22.7 Å². The Morgan fingerprint density at radius 3 is 2.92 bits per heavy atom. The Labute approximate surface area is 175 Å². The Balaban J connectivity index is 0.00000288. The number of guanidine groups is 1. The van der Waals surface area contributed by atoms with Gasteiger partial charge >= 0.3 is 0 Å². The smallest absolute Gasteiger partial charge is 0.191 e. The number of aliphatic hydroxyl groups is 1. The first-order valence-corrected chi connectivity index (χ1v) is 10.6. The average Bonchev–Trinajstić information content (AvgIpc) is 2.99. The first-order chi connectivity index (χ1) is 11.1. The molecule has 24 heavy (non-hydrogen) atoms. The van der Waals surface area contributed by atoms with Crippen LogP contribution in [-0.2, 0) is 0 Å². The van der Waals surface area contributed by atoms with Crippen LogP contribution in [0.3, 0.4) is 0 Å². The predicted molar refractivity (Wildman–Crippen MR) is 118 cm³/mol. The molecule has 1 aliphatic carbocycles. The molecule has 1 fully saturated rings. The number of halogens is 2. The Hall–Kier alpha value is 0.300. The van der Waals surface area contributed by atoms with Crippen molar-refractivity contribution in [2.75, 3.05) is 19.3 Å². The molecular formula is C16H27ClIN3OS2. The lowest BCUT2D eigenvalue weighted by Gasteiger charge is -2.30. The van der Waals surface area contributed by atoms with E-state index in [4.69, 9.17) is 11.6 Å². The van der Waals surface area contributed by atoms with E-state index in [1.54, 1.807) is 0 Å². The lowest BCUT2D eigenvalue weighted by molar-refractivity contribution is 0.191. The minimum atomic E-state index is -0.603. The van der Waals surface area contributed by atoms with Crippen LogP contribution in [0.15, 0.2) is 17.1 Å². The molecule has 0 aliphatic heterocycles. The first-order valence-electron chi connectivity index (χ1n) is 8.13. The topological polar surface area (TPSA) is 56.7 Å². The van der Waals surface area contributed by atoms with Crippen molar-refractivity contribution < 1.29 is 5.11 Å². The van der Waals surface area contributed by atoms with Gasteiger partial charge in [0.1, 0.15) is 6.10 Å². The molecular weight excluding hydrogens is 477 g/mol. The summed E-state index contributed by atoms with van der Waals surface area (Å²) in [6.07, 6.45) is 6.52. The van der Waals surface area contributed by atoms with Gasteiger partial charge in [-0.3, -0.25) is 4.99 Å². The van der Waals surface area contributed by atoms with Crippen LogP contribution < -0.4 is 10.6 Å². The van der Waals surface area contributed by atoms with Crippen LogP contribution in [-0.4, -0.2) is 41.7 Å². The number of hydrogen-bond donors (Lipinski definition) is 3. The van der Waals surface area contributed by atoms with Gasteiger partial charge in [-0.1, -0.05) is 18.0 Å². The quantitative estimate of drug-likeness (QED) is 0.308. The van der Waals surface area contributed by atoms with Gasteiger partial charge in [0.05, 0.1) is 10.9 Å². The van der Waals surface area contributed by atoms with Crippen molar-refractivity contribution in [1.82, 2.24) is 10.6 Å². The van der Waals surface area contributed by atoms with E-state index in [9.17, 15) is 5.11 Å². The molecule has 0 aromatic carbocycles. The summed E-state index contributed by atoms with van der Waals surface area (Å²) < 4.78 is 0.693. The van der Waals surface area contributed by atoms with Crippen LogP contribution in [0.1, 0.15) is 43.6 Å². The van der Waals surface area contributed by atoms with Gasteiger partial charge in [-0.15, -0.1) is 35.3 Å². The van der Waals surface area contributed by atoms with Crippen molar-refractivity contribution in [1.29, 1.82) is 0 Å². The van der Waals surface area contributed by atoms with E-state index >= 15 is 0 Å². The van der Waals surface area contributed by atoms with Crippen LogP contribution in [0.2, 0.25) is 4.34 Å². The van der Waals surface area contributed by atoms with Crippen LogP contribution >= 0.6 is 58.7 Å². The minimum absolute atomic E-state index is 0. The maximum atomic E-state index is 10.2. The van der Waals surface area contributed by atoms with Gasteiger partial charge < -0.3 is 15.7 Å². The maximum Gasteiger partial charge on any atom is 0.191 e. The van der Waals surface area contributed by atoms with Gasteiger partial charge in [-0.2, -0.15) is 11.8 Å². The second-order valence-electron chi connectivity index (χ2n) is 5.74. The Morgan fingerprint density at radius 2 is 2.29 bits per heavy atom. The fraction of sp³-hybridized carbons (Fsp3) is 0.688. The largest absolute Gasteiger partial charge is 0.386 e. The lowest BCUT2D eigenvalue weighted by Crippen LogP contribution is -2.45. The molecule has 0 saturated heterocycles. The highest BCUT2D eigenvalue weighted by molar-refractivity contribution is 14.0. The molecule has 3 N–H and O–H groups in total. The van der Waals surface area contributed by atoms with E-state index in [1.165, 1.54) is 37.0 Å². The number of nitrogens with zero attached hydrogens (tertiary/aromatic N) is 1. The van der Waals surface area contributed by atoms with Crippen molar-refractivity contribution in [3.8, 4) is 0 Å².